The van der Waals surface area contributed by atoms with Crippen LogP contribution in [0, 0.1) is 28.6 Å². The van der Waals surface area contributed by atoms with Gasteiger partial charge in [-0.25, -0.2) is 0 Å². The van der Waals surface area contributed by atoms with E-state index in [9.17, 15) is 0 Å². The Labute approximate surface area is 183 Å². The van der Waals surface area contributed by atoms with Crippen molar-refractivity contribution in [1.29, 1.82) is 0 Å². The van der Waals surface area contributed by atoms with Gasteiger partial charge < -0.3 is 14.1 Å². The van der Waals surface area contributed by atoms with Crippen molar-refractivity contribution in [2.24, 2.45) is 38.9 Å². The Morgan fingerprint density at radius 3 is 2.37 bits per heavy atom. The van der Waals surface area contributed by atoms with Crippen LogP contribution in [0.5, 0.6) is 0 Å². The molecule has 4 rings (SSSR count). The summed E-state index contributed by atoms with van der Waals surface area (Å²) in [6.07, 6.45) is 10.6. The molecular weight excluding hydrogens is 392 g/mol. The van der Waals surface area contributed by atoms with Crippen molar-refractivity contribution in [2.75, 3.05) is 14.2 Å². The lowest BCUT2D eigenvalue weighted by Gasteiger charge is -2.60. The Morgan fingerprint density at radius 1 is 0.967 bits per heavy atom. The van der Waals surface area contributed by atoms with Crippen LogP contribution in [0.1, 0.15) is 58.8 Å². The standard InChI is InChI=1S/C24H40N2O3Si/c1-23-13-12-17(25-27-3)14-16(23)8-9-18-19-10-11-21(26-28-4)24(19,2)22(15-20(18)23)29-30(5,6)7/h14,18-20,22H,8-13,15H2,1-7H3/b25-17-,26-21+/t18-,19-,20-,22+,23-,24-/m0/s1. The molecule has 0 heterocycles. The molecule has 30 heavy (non-hydrogen) atoms. The molecule has 168 valence electrons. The highest BCUT2D eigenvalue weighted by Gasteiger charge is 2.62. The van der Waals surface area contributed by atoms with E-state index in [1.807, 2.05) is 0 Å². The van der Waals surface area contributed by atoms with E-state index in [2.05, 4.69) is 49.9 Å². The lowest BCUT2D eigenvalue weighted by atomic mass is 9.46. The van der Waals surface area contributed by atoms with Crippen molar-refractivity contribution in [3.05, 3.63) is 11.6 Å². The maximum absolute atomic E-state index is 6.94. The predicted octanol–water partition coefficient (Wildman–Crippen LogP) is 5.78. The van der Waals surface area contributed by atoms with Gasteiger partial charge >= 0.3 is 0 Å². The summed E-state index contributed by atoms with van der Waals surface area (Å²) in [6, 6.07) is 0. The molecule has 6 heteroatoms. The van der Waals surface area contributed by atoms with Gasteiger partial charge in [-0.2, -0.15) is 0 Å². The maximum atomic E-state index is 6.94. The molecule has 6 atom stereocenters. The third kappa shape index (κ3) is 3.48. The van der Waals surface area contributed by atoms with Crippen molar-refractivity contribution in [3.8, 4) is 0 Å². The highest BCUT2D eigenvalue weighted by Crippen LogP contribution is 2.65. The van der Waals surface area contributed by atoms with E-state index in [4.69, 9.17) is 14.1 Å². The molecule has 5 nitrogen and oxygen atoms in total. The number of fused-ring (bicyclic) bond motifs is 5. The molecule has 3 fully saturated rings. The second-order valence-corrected chi connectivity index (χ2v) is 15.7. The fourth-order valence-corrected chi connectivity index (χ4v) is 8.55. The second-order valence-electron chi connectivity index (χ2n) is 11.3. The van der Waals surface area contributed by atoms with E-state index in [1.165, 1.54) is 31.4 Å². The molecule has 0 saturated heterocycles. The van der Waals surface area contributed by atoms with Crippen LogP contribution in [-0.4, -0.2) is 40.1 Å². The number of oxime groups is 2. The van der Waals surface area contributed by atoms with Crippen molar-refractivity contribution >= 4 is 19.7 Å². The van der Waals surface area contributed by atoms with Gasteiger partial charge in [0.25, 0.3) is 0 Å². The molecule has 0 aromatic carbocycles. The van der Waals surface area contributed by atoms with E-state index >= 15 is 0 Å². The van der Waals surface area contributed by atoms with Crippen molar-refractivity contribution in [1.82, 2.24) is 0 Å². The van der Waals surface area contributed by atoms with Crippen LogP contribution in [0.25, 0.3) is 0 Å². The predicted molar refractivity (Wildman–Crippen MR) is 124 cm³/mol. The zero-order valence-electron chi connectivity index (χ0n) is 20.0. The zero-order valence-corrected chi connectivity index (χ0v) is 21.0. The van der Waals surface area contributed by atoms with Crippen molar-refractivity contribution in [2.45, 2.75) is 84.5 Å². The quantitative estimate of drug-likeness (QED) is 0.418. The summed E-state index contributed by atoms with van der Waals surface area (Å²) in [5.74, 6) is 2.05. The Kier molecular flexibility index (Phi) is 5.71. The molecule has 0 aromatic heterocycles. The first-order valence-corrected chi connectivity index (χ1v) is 15.1. The molecular formula is C24H40N2O3Si. The highest BCUT2D eigenvalue weighted by molar-refractivity contribution is 6.69. The summed E-state index contributed by atoms with van der Waals surface area (Å²) in [7, 11) is 1.64. The molecule has 4 aliphatic carbocycles. The van der Waals surface area contributed by atoms with Crippen LogP contribution >= 0.6 is 0 Å². The van der Waals surface area contributed by atoms with Crippen molar-refractivity contribution in [3.63, 3.8) is 0 Å². The van der Waals surface area contributed by atoms with E-state index in [-0.39, 0.29) is 16.9 Å². The average molecular weight is 433 g/mol. The van der Waals surface area contributed by atoms with Crippen molar-refractivity contribution < 1.29 is 14.1 Å². The Morgan fingerprint density at radius 2 is 1.70 bits per heavy atom. The average Bonchev–Trinajstić information content (AvgIpc) is 3.00. The van der Waals surface area contributed by atoms with Gasteiger partial charge in [0, 0.05) is 5.41 Å². The van der Waals surface area contributed by atoms with Gasteiger partial charge in [-0.05, 0) is 93.8 Å². The van der Waals surface area contributed by atoms with E-state index in [0.717, 1.165) is 30.9 Å². The molecule has 0 radical (unpaired) electrons. The summed E-state index contributed by atoms with van der Waals surface area (Å²) in [6.45, 7) is 11.9. The smallest absolute Gasteiger partial charge is 0.184 e. The van der Waals surface area contributed by atoms with Gasteiger partial charge in [-0.3, -0.25) is 0 Å². The lowest BCUT2D eigenvalue weighted by Crippen LogP contribution is -2.58. The van der Waals surface area contributed by atoms with E-state index < -0.39 is 8.32 Å². The van der Waals surface area contributed by atoms with Crippen LogP contribution in [0.2, 0.25) is 19.6 Å². The topological polar surface area (TPSA) is 52.4 Å². The number of nitrogens with zero attached hydrogens (tertiary/aromatic N) is 2. The summed E-state index contributed by atoms with van der Waals surface area (Å²) in [5, 5.41) is 8.80. The monoisotopic (exact) mass is 432 g/mol. The third-order valence-corrected chi connectivity index (χ3v) is 9.69. The SMILES string of the molecule is CO/N=C1\C=C2CC[C@H]3[C@@H]4CC/C(=N\OC)[C@@]4(C)[C@H](O[Si](C)(C)C)C[C@@H]3[C@@]2(C)CC1. The first kappa shape index (κ1) is 22.1. The molecule has 0 N–H and O–H groups in total. The minimum Gasteiger partial charge on any atom is -0.414 e. The number of hydrogen-bond donors (Lipinski definition) is 0. The van der Waals surface area contributed by atoms with Crippen LogP contribution in [-0.2, 0) is 14.1 Å². The van der Waals surface area contributed by atoms with Gasteiger partial charge in [-0.1, -0.05) is 29.7 Å². The van der Waals surface area contributed by atoms with Crippen LogP contribution in [0.3, 0.4) is 0 Å². The van der Waals surface area contributed by atoms with E-state index in [1.54, 1.807) is 19.8 Å². The first-order valence-electron chi connectivity index (χ1n) is 11.7. The fraction of sp³-hybridized carbons (Fsp3) is 0.833. The van der Waals surface area contributed by atoms with Crippen LogP contribution in [0.15, 0.2) is 22.0 Å². The van der Waals surface area contributed by atoms with Gasteiger partial charge in [0.1, 0.15) is 14.2 Å². The summed E-state index contributed by atoms with van der Waals surface area (Å²) in [4.78, 5) is 10.4. The summed E-state index contributed by atoms with van der Waals surface area (Å²) in [5.41, 5.74) is 4.19. The molecule has 0 spiro atoms. The lowest BCUT2D eigenvalue weighted by molar-refractivity contribution is -0.0853. The first-order chi connectivity index (χ1) is 14.1. The summed E-state index contributed by atoms with van der Waals surface area (Å²) < 4.78 is 6.94. The maximum Gasteiger partial charge on any atom is 0.184 e. The second kappa shape index (κ2) is 7.77. The molecule has 0 aliphatic heterocycles. The largest absolute Gasteiger partial charge is 0.414 e. The number of allylic oxidation sites excluding steroid dienone is 2. The Balaban J connectivity index is 1.73. The van der Waals surface area contributed by atoms with E-state index in [0.29, 0.717) is 11.8 Å². The van der Waals surface area contributed by atoms with Gasteiger partial charge in [-0.15, -0.1) is 0 Å². The molecule has 0 unspecified atom stereocenters. The van der Waals surface area contributed by atoms with Crippen LogP contribution < -0.4 is 0 Å². The third-order valence-electron chi connectivity index (χ3n) is 8.70. The molecule has 0 bridgehead atoms. The minimum atomic E-state index is -1.70. The zero-order chi connectivity index (χ0) is 21.7. The van der Waals surface area contributed by atoms with Gasteiger partial charge in [0.05, 0.1) is 17.5 Å². The minimum absolute atomic E-state index is 0.00632. The van der Waals surface area contributed by atoms with Gasteiger partial charge in [0.2, 0.25) is 0 Å². The number of hydrogen-bond acceptors (Lipinski definition) is 5. The fourth-order valence-electron chi connectivity index (χ4n) is 7.36. The molecule has 3 saturated carbocycles. The molecule has 0 aromatic rings. The Hall–Kier alpha value is -1.14. The van der Waals surface area contributed by atoms with Gasteiger partial charge in [0.15, 0.2) is 8.32 Å². The normalized spacial score (nSPS) is 43.6. The highest BCUT2D eigenvalue weighted by atomic mass is 28.4. The number of rotatable bonds is 4. The Bertz CT molecular complexity index is 771. The molecule has 0 amide bonds. The molecule has 4 aliphatic rings. The van der Waals surface area contributed by atoms with Crippen LogP contribution in [0.4, 0.5) is 0 Å². The summed E-state index contributed by atoms with van der Waals surface area (Å²) >= 11 is 0.